The van der Waals surface area contributed by atoms with Gasteiger partial charge in [0.15, 0.2) is 0 Å². The zero-order chi connectivity index (χ0) is 14.7. The topological polar surface area (TPSA) is 9.72 Å². The molecule has 0 spiro atoms. The van der Waals surface area contributed by atoms with Crippen molar-refractivity contribution < 1.29 is 0 Å². The Kier molecular flexibility index (Phi) is 11.1. The van der Waals surface area contributed by atoms with E-state index in [1.807, 2.05) is 0 Å². The van der Waals surface area contributed by atoms with Crippen LogP contribution in [0.4, 0.5) is 0 Å². The molecular formula is C8H27Al6IN3. The molecule has 18 heavy (non-hydrogen) atoms. The molecule has 0 aliphatic heterocycles. The van der Waals surface area contributed by atoms with Crippen LogP contribution in [0.2, 0.25) is 8.55 Å². The molecule has 0 bridgehead atoms. The first-order valence-corrected chi connectivity index (χ1v) is 15.4. The number of hydrogen-bond donors (Lipinski definition) is 0. The molecule has 3 nitrogen and oxygen atoms in total. The molecule has 0 aliphatic carbocycles. The van der Waals surface area contributed by atoms with Crippen LogP contribution in [0.5, 0.6) is 0 Å². The van der Waals surface area contributed by atoms with Gasteiger partial charge in [-0.25, -0.2) is 0 Å². The normalized spacial score (nSPS) is 14.2. The van der Waals surface area contributed by atoms with E-state index in [0.29, 0.717) is 8.55 Å². The van der Waals surface area contributed by atoms with Crippen molar-refractivity contribution in [3.05, 3.63) is 0 Å². The van der Waals surface area contributed by atoms with Crippen molar-refractivity contribution >= 4 is 118 Å². The van der Waals surface area contributed by atoms with Gasteiger partial charge in [-0.1, -0.05) is 0 Å². The molecule has 0 aromatic rings. The number of hydrogen-bond acceptors (Lipinski definition) is 3. The van der Waals surface area contributed by atoms with Gasteiger partial charge in [0, 0.05) is 0 Å². The molecule has 0 aromatic heterocycles. The van der Waals surface area contributed by atoms with Crippen LogP contribution in [0.1, 0.15) is 41.5 Å². The summed E-state index contributed by atoms with van der Waals surface area (Å²) in [4.78, 5) is 0. The van der Waals surface area contributed by atoms with Crippen LogP contribution in [0.3, 0.4) is 0 Å². The Hall–Kier alpha value is 3.80. The molecule has 0 saturated heterocycles. The van der Waals surface area contributed by atoms with Gasteiger partial charge in [-0.2, -0.15) is 0 Å². The van der Waals surface area contributed by atoms with Gasteiger partial charge >= 0.3 is 171 Å². The molecule has 0 heterocycles. The Balaban J connectivity index is 4.75. The molecule has 0 aliphatic rings. The van der Waals surface area contributed by atoms with Crippen molar-refractivity contribution in [2.45, 2.75) is 50.1 Å². The molecule has 0 unspecified atom stereocenters. The summed E-state index contributed by atoms with van der Waals surface area (Å²) in [7, 11) is 0. The Morgan fingerprint density at radius 2 is 1.28 bits per heavy atom. The van der Waals surface area contributed by atoms with Gasteiger partial charge in [0.1, 0.15) is 0 Å². The molecule has 0 rings (SSSR count). The quantitative estimate of drug-likeness (QED) is 0.292. The summed E-state index contributed by atoms with van der Waals surface area (Å²) < 4.78 is 9.87. The molecule has 0 amide bonds. The van der Waals surface area contributed by atoms with Gasteiger partial charge in [-0.05, 0) is 0 Å². The maximum atomic E-state index is 2.98. The fraction of sp³-hybridized carbons (Fsp3) is 1.00. The summed E-state index contributed by atoms with van der Waals surface area (Å²) in [6.07, 6.45) is 0. The van der Waals surface area contributed by atoms with Crippen LogP contribution < -0.4 is 0 Å². The van der Waals surface area contributed by atoms with E-state index < -0.39 is 20.6 Å². The second kappa shape index (κ2) is 9.19. The van der Waals surface area contributed by atoms with Gasteiger partial charge in [-0.15, -0.1) is 0 Å². The summed E-state index contributed by atoms with van der Waals surface area (Å²) in [5.41, 5.74) is 0. The Bertz CT molecular complexity index is 232. The van der Waals surface area contributed by atoms with Crippen molar-refractivity contribution in [3.8, 4) is 0 Å². The SMILES string of the molecule is C[C](C)(C)[AlH][N]([AlH])I([N]([AlH2])[AlH2])[N]([AlH2])[AlH][C](C)(C)C. The minimum atomic E-state index is -1.07. The zero-order valence-electron chi connectivity index (χ0n) is 13.8. The van der Waals surface area contributed by atoms with E-state index >= 15 is 0 Å². The molecule has 0 aromatic carbocycles. The van der Waals surface area contributed by atoms with Crippen molar-refractivity contribution in [1.82, 2.24) is 3.24 Å². The second-order valence-corrected chi connectivity index (χ2v) is 38.1. The Labute approximate surface area is 168 Å². The van der Waals surface area contributed by atoms with E-state index in [-0.39, 0.29) is 30.9 Å². The van der Waals surface area contributed by atoms with Crippen LogP contribution in [0.25, 0.3) is 0 Å². The molecule has 99 valence electrons. The van der Waals surface area contributed by atoms with Crippen LogP contribution in [0, 0.1) is 0 Å². The average molecular weight is 454 g/mol. The first-order chi connectivity index (χ1) is 7.83. The second-order valence-electron chi connectivity index (χ2n) is 7.52. The number of halogens is 1. The standard InChI is InChI=1S/2C4H9.6Al.IN3.9H/c2*1-4(2)3;;;;;;;2-1(3)4;;;;;;;;;/h2*1-3H3;;;;;;;;;;;;;;;;. The van der Waals surface area contributed by atoms with Crippen molar-refractivity contribution in [2.24, 2.45) is 0 Å². The fourth-order valence-electron chi connectivity index (χ4n) is 1.93. The third-order valence-electron chi connectivity index (χ3n) is 2.11. The predicted octanol–water partition coefficient (Wildman–Crippen LogP) is -1.26. The van der Waals surface area contributed by atoms with Crippen molar-refractivity contribution in [3.63, 3.8) is 0 Å². The maximum absolute atomic E-state index is 2.98. The average Bonchev–Trinajstić information content (AvgIpc) is 1.93. The van der Waals surface area contributed by atoms with Gasteiger partial charge in [0.2, 0.25) is 0 Å². The van der Waals surface area contributed by atoms with Crippen molar-refractivity contribution in [2.75, 3.05) is 0 Å². The predicted molar refractivity (Wildman–Crippen MR) is 106 cm³/mol. The first kappa shape index (κ1) is 21.8. The Morgan fingerprint density at radius 3 is 1.56 bits per heavy atom. The first-order valence-electron chi connectivity index (χ1n) is 6.50. The molecular weight excluding hydrogens is 427 g/mol. The molecule has 1 radical (unpaired) electrons. The zero-order valence-corrected chi connectivity index (χ0v) is 26.2. The van der Waals surface area contributed by atoms with E-state index in [1.54, 1.807) is 0 Å². The van der Waals surface area contributed by atoms with E-state index in [9.17, 15) is 0 Å². The third-order valence-corrected chi connectivity index (χ3v) is 23.3. The Morgan fingerprint density at radius 1 is 0.889 bits per heavy atom. The summed E-state index contributed by atoms with van der Waals surface area (Å²) in [5.74, 6) is 0. The van der Waals surface area contributed by atoms with Gasteiger partial charge in [0.05, 0.1) is 0 Å². The van der Waals surface area contributed by atoms with Gasteiger partial charge < -0.3 is 0 Å². The van der Waals surface area contributed by atoms with E-state index in [0.717, 1.165) is 0 Å². The van der Waals surface area contributed by atoms with Gasteiger partial charge in [0.25, 0.3) is 0 Å². The molecule has 10 heteroatoms. The fourth-order valence-corrected chi connectivity index (χ4v) is 56.2. The number of nitrogens with zero attached hydrogens (tertiary/aromatic N) is 3. The van der Waals surface area contributed by atoms with E-state index in [4.69, 9.17) is 0 Å². The summed E-state index contributed by atoms with van der Waals surface area (Å²) in [5, 5.41) is 0. The summed E-state index contributed by atoms with van der Waals surface area (Å²) in [6.45, 7) is 14.6. The van der Waals surface area contributed by atoms with Crippen LogP contribution in [0.15, 0.2) is 0 Å². The third kappa shape index (κ3) is 10.5. The van der Waals surface area contributed by atoms with Crippen molar-refractivity contribution in [1.29, 1.82) is 0 Å². The molecule has 0 fully saturated rings. The monoisotopic (exact) mass is 454 g/mol. The van der Waals surface area contributed by atoms with Crippen LogP contribution >= 0.6 is 20.6 Å². The van der Waals surface area contributed by atoms with E-state index in [1.165, 1.54) is 49.5 Å². The minimum absolute atomic E-state index is 0.0597. The molecule has 0 atom stereocenters. The summed E-state index contributed by atoms with van der Waals surface area (Å²) in [6, 6.07) is 0. The summed E-state index contributed by atoms with van der Waals surface area (Å²) >= 11 is 4.85. The van der Waals surface area contributed by atoms with Crippen LogP contribution in [-0.4, -0.2) is 100 Å². The van der Waals surface area contributed by atoms with Gasteiger partial charge in [-0.3, -0.25) is 0 Å². The molecule has 0 saturated carbocycles. The number of rotatable bonds is 5. The molecule has 0 N–H and O–H groups in total. The van der Waals surface area contributed by atoms with E-state index in [2.05, 4.69) is 61.3 Å². The van der Waals surface area contributed by atoms with Crippen LogP contribution in [-0.2, 0) is 0 Å².